The number of rotatable bonds is 6. The van der Waals surface area contributed by atoms with E-state index in [4.69, 9.17) is 0 Å². The van der Waals surface area contributed by atoms with Crippen molar-refractivity contribution in [1.82, 2.24) is 36.1 Å². The zero-order valence-electron chi connectivity index (χ0n) is 13.1. The highest BCUT2D eigenvalue weighted by atomic mass is 16.2. The molecule has 0 aliphatic heterocycles. The maximum absolute atomic E-state index is 12.3. The van der Waals surface area contributed by atoms with Gasteiger partial charge in [-0.2, -0.15) is 10.3 Å². The van der Waals surface area contributed by atoms with Gasteiger partial charge in [0.25, 0.3) is 5.56 Å². The molecule has 0 radical (unpaired) electrons. The number of benzene rings is 1. The normalized spacial score (nSPS) is 12.2. The molecule has 9 nitrogen and oxygen atoms in total. The van der Waals surface area contributed by atoms with Crippen molar-refractivity contribution < 1.29 is 4.79 Å². The Kier molecular flexibility index (Phi) is 4.59. The molecule has 2 aromatic heterocycles. The molecule has 0 bridgehead atoms. The fraction of sp³-hybridized carbons (Fsp3) is 0.333. The van der Waals surface area contributed by atoms with Crippen LogP contribution in [0.1, 0.15) is 30.8 Å². The molecular weight excluding hydrogens is 310 g/mol. The molecule has 0 aliphatic rings. The standard InChI is InChI=1S/C15H17N7O2/c1-9(14(23)16-8-4-7-12-17-21-22-18-12)13-10-5-2-3-6-11(10)15(24)20-19-13/h2-3,5-6,9H,4,7-8H2,1H3,(H,16,23)(H,20,24)(H,17,18,21,22). The lowest BCUT2D eigenvalue weighted by atomic mass is 10.0. The Morgan fingerprint density at radius 2 is 2.04 bits per heavy atom. The van der Waals surface area contributed by atoms with Gasteiger partial charge in [0.1, 0.15) is 0 Å². The Hall–Kier alpha value is -3.10. The summed E-state index contributed by atoms with van der Waals surface area (Å²) in [5.41, 5.74) is 0.294. The molecule has 1 unspecified atom stereocenters. The van der Waals surface area contributed by atoms with Crippen LogP contribution in [0.15, 0.2) is 29.1 Å². The molecule has 1 aromatic carbocycles. The maximum atomic E-state index is 12.3. The van der Waals surface area contributed by atoms with Gasteiger partial charge in [0.15, 0.2) is 5.82 Å². The number of aryl methyl sites for hydroxylation is 1. The molecule has 2 heterocycles. The Morgan fingerprint density at radius 3 is 2.79 bits per heavy atom. The number of amides is 1. The van der Waals surface area contributed by atoms with Gasteiger partial charge in [-0.15, -0.1) is 10.2 Å². The molecule has 9 heteroatoms. The molecule has 0 saturated heterocycles. The molecule has 3 rings (SSSR count). The lowest BCUT2D eigenvalue weighted by molar-refractivity contribution is -0.122. The first-order chi connectivity index (χ1) is 11.7. The number of hydrogen-bond donors (Lipinski definition) is 3. The maximum Gasteiger partial charge on any atom is 0.272 e. The summed E-state index contributed by atoms with van der Waals surface area (Å²) >= 11 is 0. The van der Waals surface area contributed by atoms with Gasteiger partial charge in [-0.25, -0.2) is 5.10 Å². The molecule has 124 valence electrons. The third-order valence-electron chi connectivity index (χ3n) is 3.79. The van der Waals surface area contributed by atoms with E-state index in [1.165, 1.54) is 0 Å². The van der Waals surface area contributed by atoms with E-state index in [2.05, 4.69) is 36.1 Å². The first kappa shape index (κ1) is 15.8. The van der Waals surface area contributed by atoms with Crippen LogP contribution in [0.3, 0.4) is 0 Å². The number of tetrazole rings is 1. The van der Waals surface area contributed by atoms with E-state index in [-0.39, 0.29) is 11.5 Å². The third kappa shape index (κ3) is 3.29. The molecule has 0 saturated carbocycles. The van der Waals surface area contributed by atoms with Crippen molar-refractivity contribution in [3.05, 3.63) is 46.1 Å². The second-order valence-electron chi connectivity index (χ2n) is 5.43. The van der Waals surface area contributed by atoms with Gasteiger partial charge < -0.3 is 5.32 Å². The molecule has 1 atom stereocenters. The molecule has 24 heavy (non-hydrogen) atoms. The summed E-state index contributed by atoms with van der Waals surface area (Å²) in [5, 5.41) is 24.2. The smallest absolute Gasteiger partial charge is 0.272 e. The van der Waals surface area contributed by atoms with Crippen LogP contribution in [-0.2, 0) is 11.2 Å². The minimum atomic E-state index is -0.475. The quantitative estimate of drug-likeness (QED) is 0.558. The molecule has 0 spiro atoms. The van der Waals surface area contributed by atoms with Gasteiger partial charge in [-0.05, 0) is 19.4 Å². The lowest BCUT2D eigenvalue weighted by Crippen LogP contribution is -2.30. The van der Waals surface area contributed by atoms with Crippen LogP contribution in [0.2, 0.25) is 0 Å². The van der Waals surface area contributed by atoms with Crippen LogP contribution >= 0.6 is 0 Å². The number of aromatic nitrogens is 6. The fourth-order valence-corrected chi connectivity index (χ4v) is 2.49. The van der Waals surface area contributed by atoms with E-state index < -0.39 is 5.92 Å². The number of carbonyl (C=O) groups excluding carboxylic acids is 1. The number of hydrogen-bond acceptors (Lipinski definition) is 6. The van der Waals surface area contributed by atoms with Crippen molar-refractivity contribution >= 4 is 16.7 Å². The second kappa shape index (κ2) is 6.99. The summed E-state index contributed by atoms with van der Waals surface area (Å²) in [6.45, 7) is 2.26. The molecule has 1 amide bonds. The summed E-state index contributed by atoms with van der Waals surface area (Å²) in [7, 11) is 0. The number of carbonyl (C=O) groups is 1. The lowest BCUT2D eigenvalue weighted by Gasteiger charge is -2.13. The topological polar surface area (TPSA) is 129 Å². The van der Waals surface area contributed by atoms with E-state index in [9.17, 15) is 9.59 Å². The fourth-order valence-electron chi connectivity index (χ4n) is 2.49. The predicted molar refractivity (Wildman–Crippen MR) is 86.3 cm³/mol. The highest BCUT2D eigenvalue weighted by molar-refractivity contribution is 5.90. The van der Waals surface area contributed by atoms with E-state index in [0.29, 0.717) is 41.7 Å². The van der Waals surface area contributed by atoms with Crippen LogP contribution in [0.25, 0.3) is 10.8 Å². The van der Waals surface area contributed by atoms with Gasteiger partial charge >= 0.3 is 0 Å². The first-order valence-electron chi connectivity index (χ1n) is 7.64. The van der Waals surface area contributed by atoms with Crippen molar-refractivity contribution in [1.29, 1.82) is 0 Å². The van der Waals surface area contributed by atoms with Crippen LogP contribution in [0, 0.1) is 0 Å². The van der Waals surface area contributed by atoms with E-state index in [0.717, 1.165) is 0 Å². The van der Waals surface area contributed by atoms with Crippen molar-refractivity contribution in [2.24, 2.45) is 0 Å². The van der Waals surface area contributed by atoms with Gasteiger partial charge in [-0.1, -0.05) is 23.4 Å². The van der Waals surface area contributed by atoms with Crippen LogP contribution < -0.4 is 10.9 Å². The summed E-state index contributed by atoms with van der Waals surface area (Å²) < 4.78 is 0. The van der Waals surface area contributed by atoms with Crippen molar-refractivity contribution in [3.8, 4) is 0 Å². The highest BCUT2D eigenvalue weighted by Gasteiger charge is 2.19. The predicted octanol–water partition coefficient (Wildman–Crippen LogP) is 0.289. The molecule has 0 aliphatic carbocycles. The average molecular weight is 327 g/mol. The summed E-state index contributed by atoms with van der Waals surface area (Å²) in [4.78, 5) is 24.1. The van der Waals surface area contributed by atoms with Gasteiger partial charge in [0, 0.05) is 18.4 Å². The monoisotopic (exact) mass is 327 g/mol. The Labute approximate surface area is 136 Å². The molecular formula is C15H17N7O2. The number of nitrogens with zero attached hydrogens (tertiary/aromatic N) is 4. The van der Waals surface area contributed by atoms with E-state index in [1.807, 2.05) is 6.07 Å². The minimum Gasteiger partial charge on any atom is -0.356 e. The Morgan fingerprint density at radius 1 is 1.25 bits per heavy atom. The summed E-state index contributed by atoms with van der Waals surface area (Å²) in [5.74, 6) is -0.00432. The van der Waals surface area contributed by atoms with Crippen molar-refractivity contribution in [2.45, 2.75) is 25.7 Å². The number of nitrogens with one attached hydrogen (secondary N) is 3. The summed E-state index contributed by atoms with van der Waals surface area (Å²) in [6, 6.07) is 7.12. The SMILES string of the molecule is CC(C(=O)NCCCc1nn[nH]n1)c1n[nH]c(=O)c2ccccc12. The van der Waals surface area contributed by atoms with Crippen LogP contribution in [0.4, 0.5) is 0 Å². The minimum absolute atomic E-state index is 0.146. The molecule has 3 aromatic rings. The molecule has 3 N–H and O–H groups in total. The Bertz CT molecular complexity index is 888. The third-order valence-corrected chi connectivity index (χ3v) is 3.79. The number of H-pyrrole nitrogens is 2. The van der Waals surface area contributed by atoms with Gasteiger partial charge in [0.05, 0.1) is 17.0 Å². The van der Waals surface area contributed by atoms with E-state index >= 15 is 0 Å². The number of aromatic amines is 2. The summed E-state index contributed by atoms with van der Waals surface area (Å²) in [6.07, 6.45) is 1.34. The zero-order chi connectivity index (χ0) is 16.9. The Balaban J connectivity index is 1.65. The highest BCUT2D eigenvalue weighted by Crippen LogP contribution is 2.20. The average Bonchev–Trinajstić information content (AvgIpc) is 3.12. The van der Waals surface area contributed by atoms with Crippen LogP contribution in [-0.4, -0.2) is 43.3 Å². The second-order valence-corrected chi connectivity index (χ2v) is 5.43. The largest absolute Gasteiger partial charge is 0.356 e. The zero-order valence-corrected chi connectivity index (χ0v) is 13.1. The van der Waals surface area contributed by atoms with Crippen LogP contribution in [0.5, 0.6) is 0 Å². The van der Waals surface area contributed by atoms with Crippen molar-refractivity contribution in [3.63, 3.8) is 0 Å². The van der Waals surface area contributed by atoms with Gasteiger partial charge in [0.2, 0.25) is 5.91 Å². The number of fused-ring (bicyclic) bond motifs is 1. The van der Waals surface area contributed by atoms with Crippen molar-refractivity contribution in [2.75, 3.05) is 6.54 Å². The van der Waals surface area contributed by atoms with Gasteiger partial charge in [-0.3, -0.25) is 9.59 Å². The van der Waals surface area contributed by atoms with E-state index in [1.54, 1.807) is 25.1 Å². The molecule has 0 fully saturated rings. The first-order valence-corrected chi connectivity index (χ1v) is 7.64.